The minimum atomic E-state index is -0.0590. The maximum absolute atomic E-state index is 5.06. The third-order valence-corrected chi connectivity index (χ3v) is 0.833. The Labute approximate surface area is 50.7 Å². The van der Waals surface area contributed by atoms with Crippen LogP contribution in [0.2, 0.25) is 0 Å². The van der Waals surface area contributed by atoms with Crippen LogP contribution < -0.4 is 15.4 Å². The molecule has 3 nitrogen and oxygen atoms in total. The number of hydrogen-bond donors (Lipinski definition) is 3. The predicted octanol–water partition coefficient (Wildman–Crippen LogP) is -2.50. The first-order valence-corrected chi connectivity index (χ1v) is 2.31. The zero-order chi connectivity index (χ0) is 5.82. The Kier molecular flexibility index (Phi) is 2.04. The van der Waals surface area contributed by atoms with Gasteiger partial charge in [-0.05, 0) is 0 Å². The van der Waals surface area contributed by atoms with Crippen LogP contribution in [0.25, 0.3) is 0 Å². The van der Waals surface area contributed by atoms with Gasteiger partial charge in [0.2, 0.25) is 0 Å². The van der Waals surface area contributed by atoms with Gasteiger partial charge in [-0.25, -0.2) is 0 Å². The summed E-state index contributed by atoms with van der Waals surface area (Å²) in [5.74, 6) is 2.48. The lowest BCUT2D eigenvalue weighted by molar-refractivity contribution is 1.26. The molecule has 8 heavy (non-hydrogen) atoms. The Bertz CT molecular complexity index is 104. The van der Waals surface area contributed by atoms with Gasteiger partial charge in [0.15, 0.2) is 0 Å². The van der Waals surface area contributed by atoms with E-state index in [4.69, 9.17) is 6.42 Å². The van der Waals surface area contributed by atoms with Gasteiger partial charge in [0, 0.05) is 0 Å². The first kappa shape index (κ1) is 5.77. The Morgan fingerprint density at radius 2 is 2.00 bits per heavy atom. The predicted molar refractivity (Wildman–Crippen MR) is 35.5 cm³/mol. The highest BCUT2D eigenvalue weighted by atomic mass is 15.0. The molecule has 0 amide bonds. The lowest BCUT2D eigenvalue weighted by Gasteiger charge is -2.14. The molecule has 0 spiro atoms. The molecule has 0 atom stereocenters. The number of hydrogen-bond acceptors (Lipinski definition) is 3. The second-order valence-corrected chi connectivity index (χ2v) is 1.39. The first-order valence-electron chi connectivity index (χ1n) is 2.31. The van der Waals surface area contributed by atoms with E-state index < -0.39 is 0 Å². The maximum Gasteiger partial charge on any atom is 0.372 e. The molecule has 0 aromatic carbocycles. The lowest BCUT2D eigenvalue weighted by Crippen LogP contribution is -2.62. The van der Waals surface area contributed by atoms with Gasteiger partial charge in [-0.2, -0.15) is 0 Å². The Hall–Kier alpha value is -0.365. The fourth-order valence-electron chi connectivity index (χ4n) is 0.449. The van der Waals surface area contributed by atoms with E-state index in [0.717, 1.165) is 0 Å². The standard InChI is InChI=1S/C2H4B3N3/c1-2-5-7-3-6-4-8-5/h1,6-8H. The monoisotopic (exact) mass is 103 g/mol. The fraction of sp³-hybridized carbons (Fsp3) is 0. The Morgan fingerprint density at radius 3 is 2.38 bits per heavy atom. The second-order valence-electron chi connectivity index (χ2n) is 1.39. The summed E-state index contributed by atoms with van der Waals surface area (Å²) in [6.07, 6.45) is 5.06. The molecule has 0 bridgehead atoms. The van der Waals surface area contributed by atoms with Crippen LogP contribution in [-0.2, 0) is 0 Å². The van der Waals surface area contributed by atoms with Crippen LogP contribution in [0.15, 0.2) is 0 Å². The third-order valence-electron chi connectivity index (χ3n) is 0.833. The molecule has 1 aliphatic heterocycles. The largest absolute Gasteiger partial charge is 0.379 e. The molecule has 1 heterocycles. The summed E-state index contributed by atoms with van der Waals surface area (Å²) >= 11 is 0. The van der Waals surface area contributed by atoms with E-state index in [2.05, 4.69) is 21.2 Å². The topological polar surface area (TPSA) is 36.1 Å². The van der Waals surface area contributed by atoms with Gasteiger partial charge in [-0.3, -0.25) is 0 Å². The van der Waals surface area contributed by atoms with E-state index in [0.29, 0.717) is 0 Å². The van der Waals surface area contributed by atoms with Gasteiger partial charge in [0.1, 0.15) is 0 Å². The van der Waals surface area contributed by atoms with Crippen LogP contribution >= 0.6 is 0 Å². The minimum Gasteiger partial charge on any atom is -0.379 e. The molecule has 0 aromatic heterocycles. The van der Waals surface area contributed by atoms with E-state index in [1.165, 1.54) is 0 Å². The van der Waals surface area contributed by atoms with Crippen molar-refractivity contribution in [1.29, 1.82) is 0 Å². The summed E-state index contributed by atoms with van der Waals surface area (Å²) in [5, 5.41) is 8.49. The quantitative estimate of drug-likeness (QED) is 0.234. The van der Waals surface area contributed by atoms with E-state index in [9.17, 15) is 0 Å². The molecule has 1 aliphatic rings. The number of rotatable bonds is 0. The highest BCUT2D eigenvalue weighted by Gasteiger charge is 2.14. The summed E-state index contributed by atoms with van der Waals surface area (Å²) in [5.41, 5.74) is 0. The molecule has 1 saturated heterocycles. The van der Waals surface area contributed by atoms with Crippen LogP contribution in [0.4, 0.5) is 0 Å². The molecule has 1 fully saturated rings. The molecule has 6 heteroatoms. The summed E-state index contributed by atoms with van der Waals surface area (Å²) in [6.45, 7) is -0.0590. The van der Waals surface area contributed by atoms with Crippen LogP contribution in [0.5, 0.6) is 0 Å². The van der Waals surface area contributed by atoms with Crippen molar-refractivity contribution in [2.45, 2.75) is 0 Å². The van der Waals surface area contributed by atoms with Crippen LogP contribution in [-0.4, -0.2) is 22.1 Å². The van der Waals surface area contributed by atoms with E-state index in [-0.39, 0.29) is 6.98 Å². The first-order chi connectivity index (χ1) is 3.93. The van der Waals surface area contributed by atoms with Crippen LogP contribution in [0.1, 0.15) is 0 Å². The molecular weight excluding hydrogens is 98.5 g/mol. The molecule has 0 aromatic rings. The molecule has 2 radical (unpaired) electrons. The third kappa shape index (κ3) is 1.30. The zero-order valence-corrected chi connectivity index (χ0v) is 4.31. The molecule has 0 saturated carbocycles. The molecule has 3 N–H and O–H groups in total. The molecular formula is C2H4B3N3. The average Bonchev–Trinajstić information content (AvgIpc) is 1.90. The van der Waals surface area contributed by atoms with Crippen LogP contribution in [0.3, 0.4) is 0 Å². The van der Waals surface area contributed by atoms with Gasteiger partial charge >= 0.3 is 6.98 Å². The Morgan fingerprint density at radius 1 is 1.38 bits per heavy atom. The summed E-state index contributed by atoms with van der Waals surface area (Å²) in [6, 6.07) is 0. The van der Waals surface area contributed by atoms with E-state index >= 15 is 0 Å². The Balaban J connectivity index is 2.25. The second kappa shape index (κ2) is 2.83. The van der Waals surface area contributed by atoms with Crippen LogP contribution in [0, 0.1) is 12.2 Å². The van der Waals surface area contributed by atoms with Crippen molar-refractivity contribution in [2.24, 2.45) is 0 Å². The van der Waals surface area contributed by atoms with Crippen molar-refractivity contribution in [1.82, 2.24) is 15.4 Å². The van der Waals surface area contributed by atoms with E-state index in [1.807, 2.05) is 0 Å². The van der Waals surface area contributed by atoms with Crippen molar-refractivity contribution in [3.8, 4) is 12.2 Å². The van der Waals surface area contributed by atoms with Gasteiger partial charge in [0.05, 0.1) is 0 Å². The van der Waals surface area contributed by atoms with Crippen molar-refractivity contribution < 1.29 is 0 Å². The van der Waals surface area contributed by atoms with Crippen molar-refractivity contribution >= 4 is 22.1 Å². The minimum absolute atomic E-state index is 0.0590. The summed E-state index contributed by atoms with van der Waals surface area (Å²) in [4.78, 5) is 0. The van der Waals surface area contributed by atoms with Gasteiger partial charge < -0.3 is 15.4 Å². The van der Waals surface area contributed by atoms with Crippen molar-refractivity contribution in [2.75, 3.05) is 0 Å². The van der Waals surface area contributed by atoms with Crippen molar-refractivity contribution in [3.63, 3.8) is 0 Å². The number of nitrogens with one attached hydrogen (secondary N) is 3. The number of terminal acetylenes is 1. The molecule has 36 valence electrons. The molecule has 0 unspecified atom stereocenters. The highest BCUT2D eigenvalue weighted by Crippen LogP contribution is 1.65. The smallest absolute Gasteiger partial charge is 0.372 e. The molecule has 0 aliphatic carbocycles. The van der Waals surface area contributed by atoms with Gasteiger partial charge in [0.25, 0.3) is 15.1 Å². The zero-order valence-electron chi connectivity index (χ0n) is 4.31. The summed E-state index contributed by atoms with van der Waals surface area (Å²) in [7, 11) is 3.36. The molecule has 1 rings (SSSR count). The normalized spacial score (nSPS) is 18.1. The fourth-order valence-corrected chi connectivity index (χ4v) is 0.449. The SMILES string of the molecule is C#CB1N[B]N[B]N1. The van der Waals surface area contributed by atoms with Gasteiger partial charge in [-0.15, -0.1) is 12.2 Å². The lowest BCUT2D eigenvalue weighted by atomic mass is 9.67. The average molecular weight is 103 g/mol. The highest BCUT2D eigenvalue weighted by molar-refractivity contribution is 6.79. The van der Waals surface area contributed by atoms with E-state index in [1.54, 1.807) is 15.1 Å². The van der Waals surface area contributed by atoms with Gasteiger partial charge in [-0.1, -0.05) is 0 Å². The summed E-state index contributed by atoms with van der Waals surface area (Å²) < 4.78 is 0. The van der Waals surface area contributed by atoms with Crippen molar-refractivity contribution in [3.05, 3.63) is 0 Å². The maximum atomic E-state index is 5.06.